The van der Waals surface area contributed by atoms with Crippen LogP contribution in [0, 0.1) is 28.6 Å². The van der Waals surface area contributed by atoms with Gasteiger partial charge in [-0.05, 0) is 73.8 Å². The maximum absolute atomic E-state index is 5.53. The number of nitrogens with two attached hydrogens (primary N) is 1. The quantitative estimate of drug-likeness (QED) is 0.388. The molecule has 1 unspecified atom stereocenters. The standard InChI is InChI=1S/C23H38N2O/c1-17(2)18-7-9-20-19(15-18)8-10-21-22(3,11-5-12-23(20,21)4)16-25-26-14-6-13-24/h8,15-17,20-21H,5-7,9-14,24H2,1-4H3/t20-,21?,22+,23+/m0/s1. The van der Waals surface area contributed by atoms with Crippen LogP contribution in [0.2, 0.25) is 0 Å². The summed E-state index contributed by atoms with van der Waals surface area (Å²) in [5, 5.41) is 4.35. The van der Waals surface area contributed by atoms with Crippen molar-refractivity contribution in [2.45, 2.75) is 72.6 Å². The van der Waals surface area contributed by atoms with Crippen molar-refractivity contribution < 1.29 is 4.84 Å². The van der Waals surface area contributed by atoms with E-state index in [1.54, 1.807) is 11.1 Å². The van der Waals surface area contributed by atoms with E-state index in [0.717, 1.165) is 12.3 Å². The predicted molar refractivity (Wildman–Crippen MR) is 110 cm³/mol. The molecule has 0 spiro atoms. The van der Waals surface area contributed by atoms with Crippen molar-refractivity contribution in [3.63, 3.8) is 0 Å². The van der Waals surface area contributed by atoms with Gasteiger partial charge < -0.3 is 10.6 Å². The zero-order chi connectivity index (χ0) is 18.8. The summed E-state index contributed by atoms with van der Waals surface area (Å²) in [5.41, 5.74) is 9.32. The summed E-state index contributed by atoms with van der Waals surface area (Å²) < 4.78 is 0. The molecule has 1 saturated carbocycles. The molecule has 3 nitrogen and oxygen atoms in total. The Hall–Kier alpha value is -1.09. The lowest BCUT2D eigenvalue weighted by atomic mass is 9.47. The summed E-state index contributed by atoms with van der Waals surface area (Å²) in [5.74, 6) is 2.06. The Morgan fingerprint density at radius 2 is 2.15 bits per heavy atom. The van der Waals surface area contributed by atoms with Crippen molar-refractivity contribution in [2.75, 3.05) is 13.2 Å². The van der Waals surface area contributed by atoms with Crippen LogP contribution in [0.15, 0.2) is 28.5 Å². The van der Waals surface area contributed by atoms with Gasteiger partial charge in [-0.3, -0.25) is 0 Å². The summed E-state index contributed by atoms with van der Waals surface area (Å²) >= 11 is 0. The van der Waals surface area contributed by atoms with Gasteiger partial charge in [0.1, 0.15) is 6.61 Å². The third kappa shape index (κ3) is 3.65. The highest BCUT2D eigenvalue weighted by atomic mass is 16.6. The van der Waals surface area contributed by atoms with Gasteiger partial charge in [0.2, 0.25) is 0 Å². The number of allylic oxidation sites excluding steroid dienone is 4. The average molecular weight is 359 g/mol. The Bertz CT molecular complexity index is 591. The molecule has 0 radical (unpaired) electrons. The molecule has 0 bridgehead atoms. The largest absolute Gasteiger partial charge is 0.396 e. The molecule has 1 fully saturated rings. The molecule has 0 amide bonds. The molecule has 3 aliphatic carbocycles. The first-order chi connectivity index (χ1) is 12.4. The minimum absolute atomic E-state index is 0.139. The minimum atomic E-state index is 0.139. The van der Waals surface area contributed by atoms with E-state index in [2.05, 4.69) is 51.2 Å². The zero-order valence-electron chi connectivity index (χ0n) is 17.3. The molecule has 0 aromatic rings. The molecule has 4 atom stereocenters. The first-order valence-electron chi connectivity index (χ1n) is 10.7. The Kier molecular flexibility index (Phi) is 5.96. The Balaban J connectivity index is 1.81. The van der Waals surface area contributed by atoms with Crippen molar-refractivity contribution in [1.29, 1.82) is 0 Å². The molecule has 0 aromatic carbocycles. The second-order valence-electron chi connectivity index (χ2n) is 9.53. The third-order valence-corrected chi connectivity index (χ3v) is 7.49. The molecule has 0 aromatic heterocycles. The van der Waals surface area contributed by atoms with E-state index in [9.17, 15) is 0 Å². The fraction of sp³-hybridized carbons (Fsp3) is 0.783. The lowest BCUT2D eigenvalue weighted by Gasteiger charge is -2.57. The van der Waals surface area contributed by atoms with Crippen LogP contribution in [0.5, 0.6) is 0 Å². The van der Waals surface area contributed by atoms with Gasteiger partial charge in [-0.15, -0.1) is 0 Å². The third-order valence-electron chi connectivity index (χ3n) is 7.49. The van der Waals surface area contributed by atoms with Crippen LogP contribution in [-0.2, 0) is 4.84 Å². The number of fused-ring (bicyclic) bond motifs is 3. The van der Waals surface area contributed by atoms with E-state index in [1.165, 1.54) is 38.5 Å². The maximum Gasteiger partial charge on any atom is 0.118 e. The van der Waals surface area contributed by atoms with Gasteiger partial charge in [0, 0.05) is 11.6 Å². The van der Waals surface area contributed by atoms with Crippen molar-refractivity contribution >= 4 is 6.21 Å². The Morgan fingerprint density at radius 1 is 1.35 bits per heavy atom. The second-order valence-corrected chi connectivity index (χ2v) is 9.53. The molecule has 3 rings (SSSR count). The molecule has 0 saturated heterocycles. The van der Waals surface area contributed by atoms with Crippen LogP contribution in [0.25, 0.3) is 0 Å². The smallest absolute Gasteiger partial charge is 0.118 e. The molecule has 3 heteroatoms. The fourth-order valence-corrected chi connectivity index (χ4v) is 5.91. The Morgan fingerprint density at radius 3 is 2.88 bits per heavy atom. The molecule has 0 heterocycles. The maximum atomic E-state index is 5.53. The topological polar surface area (TPSA) is 47.6 Å². The molecular weight excluding hydrogens is 320 g/mol. The van der Waals surface area contributed by atoms with E-state index < -0.39 is 0 Å². The lowest BCUT2D eigenvalue weighted by molar-refractivity contribution is -0.0143. The average Bonchev–Trinajstić information content (AvgIpc) is 2.61. The minimum Gasteiger partial charge on any atom is -0.396 e. The Labute approximate surface area is 160 Å². The van der Waals surface area contributed by atoms with Gasteiger partial charge >= 0.3 is 0 Å². The predicted octanol–water partition coefficient (Wildman–Crippen LogP) is 5.47. The SMILES string of the molecule is CC(C)C1=CC2=CCC3[C@@](C)(C=NOCCCN)CCC[C@]3(C)[C@H]2CC1. The van der Waals surface area contributed by atoms with E-state index in [0.29, 0.717) is 30.4 Å². The summed E-state index contributed by atoms with van der Waals surface area (Å²) in [4.78, 5) is 5.47. The normalized spacial score (nSPS) is 37.2. The molecule has 3 aliphatic rings. The zero-order valence-corrected chi connectivity index (χ0v) is 17.3. The lowest BCUT2D eigenvalue weighted by Crippen LogP contribution is -2.50. The van der Waals surface area contributed by atoms with Crippen molar-refractivity contribution in [3.8, 4) is 0 Å². The van der Waals surface area contributed by atoms with E-state index >= 15 is 0 Å². The van der Waals surface area contributed by atoms with E-state index in [4.69, 9.17) is 10.6 Å². The van der Waals surface area contributed by atoms with Gasteiger partial charge in [0.25, 0.3) is 0 Å². The highest BCUT2D eigenvalue weighted by molar-refractivity contribution is 5.66. The van der Waals surface area contributed by atoms with E-state index in [-0.39, 0.29) is 5.41 Å². The highest BCUT2D eigenvalue weighted by Gasteiger charge is 2.53. The highest BCUT2D eigenvalue weighted by Crippen LogP contribution is 2.61. The van der Waals surface area contributed by atoms with Crippen molar-refractivity contribution in [1.82, 2.24) is 0 Å². The number of hydrogen-bond acceptors (Lipinski definition) is 3. The van der Waals surface area contributed by atoms with Crippen LogP contribution in [0.3, 0.4) is 0 Å². The summed E-state index contributed by atoms with van der Waals surface area (Å²) in [6.07, 6.45) is 15.7. The molecular formula is C23H38N2O. The number of nitrogens with zero attached hydrogens (tertiary/aromatic N) is 1. The van der Waals surface area contributed by atoms with Gasteiger partial charge in [-0.25, -0.2) is 0 Å². The van der Waals surface area contributed by atoms with Crippen LogP contribution >= 0.6 is 0 Å². The fourth-order valence-electron chi connectivity index (χ4n) is 5.91. The summed E-state index contributed by atoms with van der Waals surface area (Å²) in [7, 11) is 0. The van der Waals surface area contributed by atoms with Gasteiger partial charge in [0.05, 0.1) is 0 Å². The molecule has 26 heavy (non-hydrogen) atoms. The first kappa shape index (κ1) is 19.7. The van der Waals surface area contributed by atoms with Crippen molar-refractivity contribution in [2.24, 2.45) is 39.5 Å². The second kappa shape index (κ2) is 7.88. The van der Waals surface area contributed by atoms with E-state index in [1.807, 2.05) is 0 Å². The molecule has 2 N–H and O–H groups in total. The van der Waals surface area contributed by atoms with Crippen molar-refractivity contribution in [3.05, 3.63) is 23.3 Å². The van der Waals surface area contributed by atoms with Gasteiger partial charge in [-0.2, -0.15) is 0 Å². The summed E-state index contributed by atoms with van der Waals surface area (Å²) in [6.45, 7) is 10.9. The number of rotatable bonds is 6. The van der Waals surface area contributed by atoms with Crippen LogP contribution in [-0.4, -0.2) is 19.4 Å². The van der Waals surface area contributed by atoms with Crippen LogP contribution in [0.4, 0.5) is 0 Å². The molecule has 0 aliphatic heterocycles. The number of oxime groups is 1. The van der Waals surface area contributed by atoms with Gasteiger partial charge in [-0.1, -0.05) is 57.0 Å². The van der Waals surface area contributed by atoms with Gasteiger partial charge in [0.15, 0.2) is 0 Å². The monoisotopic (exact) mass is 358 g/mol. The van der Waals surface area contributed by atoms with Crippen LogP contribution in [0.1, 0.15) is 72.6 Å². The molecule has 146 valence electrons. The number of hydrogen-bond donors (Lipinski definition) is 1. The summed E-state index contributed by atoms with van der Waals surface area (Å²) in [6, 6.07) is 0. The van der Waals surface area contributed by atoms with Crippen LogP contribution < -0.4 is 5.73 Å². The first-order valence-corrected chi connectivity index (χ1v) is 10.7.